The lowest BCUT2D eigenvalue weighted by atomic mass is 9.78. The Balaban J connectivity index is 1.88. The van der Waals surface area contributed by atoms with E-state index in [0.717, 1.165) is 58.2 Å². The Morgan fingerprint density at radius 1 is 0.465 bits per heavy atom. The average molecular weight is 620 g/mol. The summed E-state index contributed by atoms with van der Waals surface area (Å²) >= 11 is 0. The number of likely N-dealkylation sites (tertiary alicyclic amines) is 3. The summed E-state index contributed by atoms with van der Waals surface area (Å²) in [6.45, 7) is 42.7. The number of hydrogen-bond acceptors (Lipinski definition) is 6. The Morgan fingerprint density at radius 2 is 0.651 bits per heavy atom. The van der Waals surface area contributed by atoms with Gasteiger partial charge in [-0.3, -0.25) is 14.7 Å². The van der Waals surface area contributed by atoms with E-state index in [0.29, 0.717) is 0 Å². The van der Waals surface area contributed by atoms with Crippen molar-refractivity contribution in [3.05, 3.63) is 38.0 Å². The molecule has 248 valence electrons. The van der Waals surface area contributed by atoms with Crippen LogP contribution in [0, 0.1) is 0 Å². The van der Waals surface area contributed by atoms with E-state index in [4.69, 9.17) is 13.6 Å². The van der Waals surface area contributed by atoms with Crippen molar-refractivity contribution in [2.45, 2.75) is 173 Å². The Bertz CT molecular complexity index is 811. The third kappa shape index (κ3) is 8.61. The van der Waals surface area contributed by atoms with Gasteiger partial charge in [-0.1, -0.05) is 18.2 Å². The number of rotatable bonds is 12. The van der Waals surface area contributed by atoms with Gasteiger partial charge in [0.1, 0.15) is 0 Å². The summed E-state index contributed by atoms with van der Waals surface area (Å²) < 4.78 is 21.1. The van der Waals surface area contributed by atoms with Crippen LogP contribution in [-0.2, 0) is 13.6 Å². The highest BCUT2D eigenvalue weighted by atomic mass is 31.2. The zero-order valence-corrected chi connectivity index (χ0v) is 30.9. The maximum atomic E-state index is 7.02. The van der Waals surface area contributed by atoms with Crippen LogP contribution in [0.15, 0.2) is 38.0 Å². The van der Waals surface area contributed by atoms with Gasteiger partial charge in [0, 0.05) is 52.9 Å². The van der Waals surface area contributed by atoms with Crippen LogP contribution in [0.3, 0.4) is 0 Å². The van der Waals surface area contributed by atoms with E-state index in [1.807, 2.05) is 18.2 Å². The lowest BCUT2D eigenvalue weighted by Gasteiger charge is -2.56. The molecule has 0 aromatic rings. The summed E-state index contributed by atoms with van der Waals surface area (Å²) in [5.41, 5.74) is -0.157. The van der Waals surface area contributed by atoms with Crippen molar-refractivity contribution in [2.75, 3.05) is 19.6 Å². The molecule has 0 N–H and O–H groups in total. The molecule has 6 nitrogen and oxygen atoms in total. The zero-order valence-electron chi connectivity index (χ0n) is 30.0. The second-order valence-electron chi connectivity index (χ2n) is 17.2. The number of nitrogens with zero attached hydrogens (tertiary/aromatic N) is 3. The lowest BCUT2D eigenvalue weighted by molar-refractivity contribution is -0.0994. The van der Waals surface area contributed by atoms with Crippen LogP contribution in [0.4, 0.5) is 0 Å². The smallest absolute Gasteiger partial charge is 0.309 e. The first-order valence-electron chi connectivity index (χ1n) is 16.6. The van der Waals surface area contributed by atoms with Crippen LogP contribution >= 0.6 is 8.60 Å². The summed E-state index contributed by atoms with van der Waals surface area (Å²) in [5, 5.41) is 0. The molecule has 3 fully saturated rings. The van der Waals surface area contributed by atoms with Crippen LogP contribution in [-0.4, -0.2) is 85.9 Å². The van der Waals surface area contributed by atoms with E-state index in [9.17, 15) is 0 Å². The Kier molecular flexibility index (Phi) is 11.4. The number of hydrogen-bond donors (Lipinski definition) is 0. The first-order chi connectivity index (χ1) is 19.6. The minimum absolute atomic E-state index is 0.0262. The van der Waals surface area contributed by atoms with Crippen molar-refractivity contribution in [1.82, 2.24) is 14.7 Å². The largest absolute Gasteiger partial charge is 0.333 e. The first-order valence-corrected chi connectivity index (χ1v) is 17.7. The van der Waals surface area contributed by atoms with Gasteiger partial charge in [0.05, 0.1) is 18.3 Å². The third-order valence-electron chi connectivity index (χ3n) is 10.4. The van der Waals surface area contributed by atoms with Gasteiger partial charge in [-0.2, -0.15) is 0 Å². The van der Waals surface area contributed by atoms with E-state index in [-0.39, 0.29) is 51.5 Å². The Hall–Kier alpha value is -0.590. The summed E-state index contributed by atoms with van der Waals surface area (Å²) in [5.74, 6) is 0. The van der Waals surface area contributed by atoms with Crippen molar-refractivity contribution in [3.63, 3.8) is 0 Å². The van der Waals surface area contributed by atoms with E-state index in [2.05, 4.69) is 118 Å². The summed E-state index contributed by atoms with van der Waals surface area (Å²) in [4.78, 5) is 7.70. The molecule has 0 saturated carbocycles. The fourth-order valence-electron chi connectivity index (χ4n) is 9.21. The van der Waals surface area contributed by atoms with E-state index < -0.39 is 8.60 Å². The van der Waals surface area contributed by atoms with Gasteiger partial charge in [0.25, 0.3) is 0 Å². The molecule has 3 aliphatic rings. The highest BCUT2D eigenvalue weighted by Crippen LogP contribution is 2.54. The molecule has 43 heavy (non-hydrogen) atoms. The van der Waals surface area contributed by atoms with E-state index in [1.165, 1.54) is 0 Å². The van der Waals surface area contributed by atoms with Crippen molar-refractivity contribution in [2.24, 2.45) is 0 Å². The molecular weight excluding hydrogens is 553 g/mol. The molecule has 3 aliphatic heterocycles. The van der Waals surface area contributed by atoms with Gasteiger partial charge in [0.2, 0.25) is 0 Å². The van der Waals surface area contributed by atoms with Crippen molar-refractivity contribution in [3.8, 4) is 0 Å². The van der Waals surface area contributed by atoms with Gasteiger partial charge in [-0.15, -0.1) is 19.7 Å². The molecule has 0 aromatic carbocycles. The molecule has 0 bridgehead atoms. The normalized spacial score (nSPS) is 28.1. The molecule has 0 aromatic heterocycles. The highest BCUT2D eigenvalue weighted by Gasteiger charge is 2.50. The molecule has 3 rings (SSSR count). The van der Waals surface area contributed by atoms with Crippen molar-refractivity contribution < 1.29 is 13.6 Å². The SMILES string of the molecule is C=CCN1C(C)(C)CC(OP(OC2CC(C)(C)N(CC=C)C(C)(C)C2)OC2CC(C)(C)N(CC=C)C(C)(C)C2)CC1(C)C. The summed E-state index contributed by atoms with van der Waals surface area (Å²) in [7, 11) is -1.56. The van der Waals surface area contributed by atoms with Crippen LogP contribution in [0.2, 0.25) is 0 Å². The van der Waals surface area contributed by atoms with Crippen molar-refractivity contribution >= 4 is 8.60 Å². The first kappa shape index (κ1) is 36.9. The molecule has 0 aliphatic carbocycles. The number of piperidine rings is 3. The molecule has 3 heterocycles. The summed E-state index contributed by atoms with van der Waals surface area (Å²) in [6, 6.07) is 0. The molecule has 7 heteroatoms. The minimum atomic E-state index is -1.56. The molecule has 0 amide bonds. The minimum Gasteiger partial charge on any atom is -0.309 e. The van der Waals surface area contributed by atoms with Crippen LogP contribution in [0.5, 0.6) is 0 Å². The molecule has 0 spiro atoms. The average Bonchev–Trinajstić information content (AvgIpc) is 2.79. The predicted molar refractivity (Wildman–Crippen MR) is 184 cm³/mol. The highest BCUT2D eigenvalue weighted by molar-refractivity contribution is 7.41. The molecule has 0 unspecified atom stereocenters. The van der Waals surface area contributed by atoms with Gasteiger partial charge in [-0.25, -0.2) is 0 Å². The van der Waals surface area contributed by atoms with Gasteiger partial charge in [0.15, 0.2) is 0 Å². The monoisotopic (exact) mass is 619 g/mol. The van der Waals surface area contributed by atoms with E-state index in [1.54, 1.807) is 0 Å². The zero-order chi connectivity index (χ0) is 32.6. The Morgan fingerprint density at radius 3 is 0.814 bits per heavy atom. The van der Waals surface area contributed by atoms with Crippen LogP contribution < -0.4 is 0 Å². The van der Waals surface area contributed by atoms with Gasteiger partial charge in [-0.05, 0) is 122 Å². The lowest BCUT2D eigenvalue weighted by Crippen LogP contribution is -2.62. The third-order valence-corrected chi connectivity index (χ3v) is 11.8. The molecular formula is C36H66N3O3P. The topological polar surface area (TPSA) is 37.4 Å². The maximum absolute atomic E-state index is 7.02. The van der Waals surface area contributed by atoms with Crippen molar-refractivity contribution in [1.29, 1.82) is 0 Å². The second-order valence-corrected chi connectivity index (χ2v) is 18.3. The van der Waals surface area contributed by atoms with Crippen LogP contribution in [0.1, 0.15) is 122 Å². The second kappa shape index (κ2) is 13.3. The van der Waals surface area contributed by atoms with Gasteiger partial charge < -0.3 is 13.6 Å². The Labute approximate surface area is 267 Å². The fraction of sp³-hybridized carbons (Fsp3) is 0.833. The summed E-state index contributed by atoms with van der Waals surface area (Å²) in [6.07, 6.45) is 11.8. The maximum Gasteiger partial charge on any atom is 0.333 e. The van der Waals surface area contributed by atoms with Gasteiger partial charge >= 0.3 is 8.60 Å². The molecule has 0 radical (unpaired) electrons. The quantitative estimate of drug-likeness (QED) is 0.160. The van der Waals surface area contributed by atoms with Crippen LogP contribution in [0.25, 0.3) is 0 Å². The molecule has 0 atom stereocenters. The predicted octanol–water partition coefficient (Wildman–Crippen LogP) is 8.89. The van der Waals surface area contributed by atoms with E-state index >= 15 is 0 Å². The molecule has 3 saturated heterocycles. The standard InChI is InChI=1S/C36H66N3O3P/c1-16-19-37-31(4,5)22-28(23-32(37,6)7)40-43(41-29-24-33(8,9)38(20-17-2)34(10,11)25-29)42-30-26-35(12,13)39(21-18-3)36(14,15)27-30/h16-18,28-30H,1-3,19-27H2,4-15H3. The fourth-order valence-corrected chi connectivity index (χ4v) is 10.5.